The second-order valence-corrected chi connectivity index (χ2v) is 5.43. The Hall–Kier alpha value is -0.160. The molecule has 94 valence electrons. The summed E-state index contributed by atoms with van der Waals surface area (Å²) in [6.45, 7) is 8.88. The molecule has 0 spiro atoms. The van der Waals surface area contributed by atoms with Gasteiger partial charge in [-0.2, -0.15) is 0 Å². The standard InChI is InChI=1S/C12H24N2O2/c1-10-7-14(8-11(2)16-10)9-12(13)3-5-15-6-4-12/h10-11H,3-9,13H2,1-2H3. The SMILES string of the molecule is CC1CN(CC2(N)CCOCC2)CC(C)O1. The van der Waals surface area contributed by atoms with Crippen molar-refractivity contribution in [3.05, 3.63) is 0 Å². The Morgan fingerprint density at radius 3 is 2.31 bits per heavy atom. The average Bonchev–Trinajstić information content (AvgIpc) is 2.15. The summed E-state index contributed by atoms with van der Waals surface area (Å²) in [5.41, 5.74) is 6.37. The van der Waals surface area contributed by atoms with Gasteiger partial charge in [-0.25, -0.2) is 0 Å². The molecule has 0 amide bonds. The largest absolute Gasteiger partial charge is 0.381 e. The summed E-state index contributed by atoms with van der Waals surface area (Å²) in [5.74, 6) is 0. The minimum Gasteiger partial charge on any atom is -0.381 e. The van der Waals surface area contributed by atoms with E-state index in [1.54, 1.807) is 0 Å². The van der Waals surface area contributed by atoms with Gasteiger partial charge < -0.3 is 15.2 Å². The van der Waals surface area contributed by atoms with Crippen LogP contribution >= 0.6 is 0 Å². The number of nitrogens with two attached hydrogens (primary N) is 1. The van der Waals surface area contributed by atoms with Crippen molar-refractivity contribution < 1.29 is 9.47 Å². The zero-order chi connectivity index (χ0) is 11.6. The molecule has 4 nitrogen and oxygen atoms in total. The van der Waals surface area contributed by atoms with E-state index in [1.807, 2.05) is 0 Å². The van der Waals surface area contributed by atoms with Crippen LogP contribution in [0.15, 0.2) is 0 Å². The summed E-state index contributed by atoms with van der Waals surface area (Å²) in [7, 11) is 0. The lowest BCUT2D eigenvalue weighted by Gasteiger charge is -2.42. The Morgan fingerprint density at radius 2 is 1.75 bits per heavy atom. The van der Waals surface area contributed by atoms with Crippen molar-refractivity contribution in [1.82, 2.24) is 4.90 Å². The Bertz CT molecular complexity index is 219. The molecule has 2 fully saturated rings. The van der Waals surface area contributed by atoms with Crippen LogP contribution in [0.5, 0.6) is 0 Å². The van der Waals surface area contributed by atoms with Gasteiger partial charge in [0.25, 0.3) is 0 Å². The highest BCUT2D eigenvalue weighted by Crippen LogP contribution is 2.21. The van der Waals surface area contributed by atoms with Crippen molar-refractivity contribution in [1.29, 1.82) is 0 Å². The van der Waals surface area contributed by atoms with E-state index < -0.39 is 0 Å². The van der Waals surface area contributed by atoms with Gasteiger partial charge in [-0.05, 0) is 26.7 Å². The van der Waals surface area contributed by atoms with E-state index in [-0.39, 0.29) is 5.54 Å². The van der Waals surface area contributed by atoms with Crippen LogP contribution in [0.3, 0.4) is 0 Å². The Balaban J connectivity index is 1.87. The Morgan fingerprint density at radius 1 is 1.19 bits per heavy atom. The van der Waals surface area contributed by atoms with Crippen molar-refractivity contribution in [2.45, 2.75) is 44.4 Å². The molecule has 0 aliphatic carbocycles. The van der Waals surface area contributed by atoms with Crippen LogP contribution in [-0.2, 0) is 9.47 Å². The van der Waals surface area contributed by atoms with Gasteiger partial charge in [0.1, 0.15) is 0 Å². The fourth-order valence-corrected chi connectivity index (χ4v) is 2.79. The fraction of sp³-hybridized carbons (Fsp3) is 1.00. The lowest BCUT2D eigenvalue weighted by Crippen LogP contribution is -2.57. The highest BCUT2D eigenvalue weighted by Gasteiger charge is 2.32. The molecule has 0 aromatic carbocycles. The molecule has 0 aromatic rings. The molecule has 4 heteroatoms. The van der Waals surface area contributed by atoms with Crippen molar-refractivity contribution >= 4 is 0 Å². The molecule has 2 N–H and O–H groups in total. The molecule has 16 heavy (non-hydrogen) atoms. The summed E-state index contributed by atoms with van der Waals surface area (Å²) < 4.78 is 11.1. The first-order chi connectivity index (χ1) is 7.57. The van der Waals surface area contributed by atoms with Crippen LogP contribution in [0.1, 0.15) is 26.7 Å². The van der Waals surface area contributed by atoms with Gasteiger partial charge in [0.2, 0.25) is 0 Å². The minimum atomic E-state index is -0.0466. The molecular formula is C12H24N2O2. The summed E-state index contributed by atoms with van der Waals surface area (Å²) in [6.07, 6.45) is 2.61. The number of morpholine rings is 1. The van der Waals surface area contributed by atoms with Crippen molar-refractivity contribution in [3.8, 4) is 0 Å². The maximum atomic E-state index is 6.42. The molecule has 0 bridgehead atoms. The maximum absolute atomic E-state index is 6.42. The number of ether oxygens (including phenoxy) is 2. The molecule has 2 aliphatic rings. The summed E-state index contributed by atoms with van der Waals surface area (Å²) in [5, 5.41) is 0. The lowest BCUT2D eigenvalue weighted by atomic mass is 9.90. The maximum Gasteiger partial charge on any atom is 0.0678 e. The molecule has 2 rings (SSSR count). The second-order valence-electron chi connectivity index (χ2n) is 5.43. The van der Waals surface area contributed by atoms with E-state index in [0.29, 0.717) is 12.2 Å². The Labute approximate surface area is 98.1 Å². The monoisotopic (exact) mass is 228 g/mol. The smallest absolute Gasteiger partial charge is 0.0678 e. The van der Waals surface area contributed by atoms with Crippen LogP contribution in [0.2, 0.25) is 0 Å². The van der Waals surface area contributed by atoms with Crippen molar-refractivity contribution in [2.75, 3.05) is 32.8 Å². The van der Waals surface area contributed by atoms with E-state index in [1.165, 1.54) is 0 Å². The van der Waals surface area contributed by atoms with Gasteiger partial charge in [0.15, 0.2) is 0 Å². The van der Waals surface area contributed by atoms with E-state index in [2.05, 4.69) is 18.7 Å². The molecule has 2 atom stereocenters. The third-order valence-electron chi connectivity index (χ3n) is 3.52. The zero-order valence-corrected chi connectivity index (χ0v) is 10.4. The average molecular weight is 228 g/mol. The summed E-state index contributed by atoms with van der Waals surface area (Å²) >= 11 is 0. The van der Waals surface area contributed by atoms with Crippen LogP contribution in [-0.4, -0.2) is 55.5 Å². The zero-order valence-electron chi connectivity index (χ0n) is 10.4. The van der Waals surface area contributed by atoms with Gasteiger partial charge in [0.05, 0.1) is 12.2 Å². The van der Waals surface area contributed by atoms with E-state index in [0.717, 1.165) is 45.7 Å². The highest BCUT2D eigenvalue weighted by molar-refractivity contribution is 4.91. The molecular weight excluding hydrogens is 204 g/mol. The first-order valence-electron chi connectivity index (χ1n) is 6.32. The predicted molar refractivity (Wildman–Crippen MR) is 63.4 cm³/mol. The molecule has 2 unspecified atom stereocenters. The first kappa shape index (κ1) is 12.3. The minimum absolute atomic E-state index is 0.0466. The quantitative estimate of drug-likeness (QED) is 0.752. The van der Waals surface area contributed by atoms with Crippen molar-refractivity contribution in [3.63, 3.8) is 0 Å². The molecule has 2 saturated heterocycles. The first-order valence-corrected chi connectivity index (χ1v) is 6.32. The van der Waals surface area contributed by atoms with Crippen LogP contribution in [0.25, 0.3) is 0 Å². The number of hydrogen-bond acceptors (Lipinski definition) is 4. The van der Waals surface area contributed by atoms with Crippen LogP contribution < -0.4 is 5.73 Å². The summed E-state index contributed by atoms with van der Waals surface area (Å²) in [4.78, 5) is 2.45. The number of rotatable bonds is 2. The molecule has 0 aromatic heterocycles. The van der Waals surface area contributed by atoms with Gasteiger partial charge >= 0.3 is 0 Å². The van der Waals surface area contributed by atoms with Crippen LogP contribution in [0.4, 0.5) is 0 Å². The second kappa shape index (κ2) is 5.00. The third kappa shape index (κ3) is 3.17. The van der Waals surface area contributed by atoms with E-state index in [4.69, 9.17) is 15.2 Å². The molecule has 0 saturated carbocycles. The summed E-state index contributed by atoms with van der Waals surface area (Å²) in [6, 6.07) is 0. The van der Waals surface area contributed by atoms with Crippen molar-refractivity contribution in [2.24, 2.45) is 5.73 Å². The van der Waals surface area contributed by atoms with Gasteiger partial charge in [-0.3, -0.25) is 4.90 Å². The van der Waals surface area contributed by atoms with E-state index in [9.17, 15) is 0 Å². The van der Waals surface area contributed by atoms with E-state index >= 15 is 0 Å². The molecule has 0 radical (unpaired) electrons. The van der Waals surface area contributed by atoms with Gasteiger partial charge in [-0.15, -0.1) is 0 Å². The Kier molecular flexibility index (Phi) is 3.85. The lowest BCUT2D eigenvalue weighted by molar-refractivity contribution is -0.0775. The molecule has 2 heterocycles. The van der Waals surface area contributed by atoms with Gasteiger partial charge in [-0.1, -0.05) is 0 Å². The van der Waals surface area contributed by atoms with Gasteiger partial charge in [0, 0.05) is 38.4 Å². The fourth-order valence-electron chi connectivity index (χ4n) is 2.79. The van der Waals surface area contributed by atoms with Crippen LogP contribution in [0, 0.1) is 0 Å². The predicted octanol–water partition coefficient (Wildman–Crippen LogP) is 0.604. The molecule has 2 aliphatic heterocycles. The topological polar surface area (TPSA) is 47.7 Å². The third-order valence-corrected chi connectivity index (χ3v) is 3.52. The number of nitrogens with zero attached hydrogens (tertiary/aromatic N) is 1. The highest BCUT2D eigenvalue weighted by atomic mass is 16.5. The number of hydrogen-bond donors (Lipinski definition) is 1. The normalized spacial score (nSPS) is 36.2.